The number of aliphatic hydroxyl groups excluding tert-OH is 1. The van der Waals surface area contributed by atoms with Crippen LogP contribution >= 0.6 is 11.6 Å². The molecule has 0 bridgehead atoms. The van der Waals surface area contributed by atoms with Crippen LogP contribution in [0.5, 0.6) is 0 Å². The third kappa shape index (κ3) is 3.87. The molecule has 26 heavy (non-hydrogen) atoms. The number of halogens is 3. The number of hydrogen-bond acceptors (Lipinski definition) is 5. The maximum atomic E-state index is 13.7. The lowest BCUT2D eigenvalue weighted by atomic mass is 10.1. The van der Waals surface area contributed by atoms with Gasteiger partial charge in [-0.15, -0.1) is 0 Å². The normalized spacial score (nSPS) is 12.0. The fourth-order valence-electron chi connectivity index (χ4n) is 2.19. The first-order chi connectivity index (χ1) is 12.5. The summed E-state index contributed by atoms with van der Waals surface area (Å²) in [7, 11) is 0. The molecule has 3 aromatic rings. The zero-order valence-electron chi connectivity index (χ0n) is 13.1. The SMILES string of the molecule is O=C(NCc1noc(-c2c(F)cccc2F)n1)C(O)c1ccc(Cl)cc1. The second kappa shape index (κ2) is 7.59. The van der Waals surface area contributed by atoms with Gasteiger partial charge in [-0.3, -0.25) is 4.79 Å². The van der Waals surface area contributed by atoms with Crippen molar-refractivity contribution in [2.24, 2.45) is 0 Å². The Morgan fingerprint density at radius 2 is 1.85 bits per heavy atom. The van der Waals surface area contributed by atoms with Gasteiger partial charge in [0.15, 0.2) is 11.9 Å². The van der Waals surface area contributed by atoms with Crippen LogP contribution in [0.4, 0.5) is 8.78 Å². The van der Waals surface area contributed by atoms with E-state index in [4.69, 9.17) is 16.1 Å². The van der Waals surface area contributed by atoms with E-state index in [0.717, 1.165) is 12.1 Å². The molecule has 1 amide bonds. The molecule has 0 fully saturated rings. The fraction of sp³-hybridized carbons (Fsp3) is 0.118. The summed E-state index contributed by atoms with van der Waals surface area (Å²) in [6, 6.07) is 9.45. The number of amides is 1. The predicted octanol–water partition coefficient (Wildman–Crippen LogP) is 3.02. The first-order valence-corrected chi connectivity index (χ1v) is 7.81. The molecule has 0 aliphatic heterocycles. The van der Waals surface area contributed by atoms with Crippen LogP contribution in [0.25, 0.3) is 11.5 Å². The van der Waals surface area contributed by atoms with Crippen molar-refractivity contribution in [3.63, 3.8) is 0 Å². The standard InChI is InChI=1S/C17H12ClF2N3O3/c18-10-6-4-9(5-7-10)15(24)16(25)21-8-13-22-17(26-23-13)14-11(19)2-1-3-12(14)20/h1-7,15,24H,8H2,(H,21,25). The van der Waals surface area contributed by atoms with Gasteiger partial charge in [-0.05, 0) is 29.8 Å². The van der Waals surface area contributed by atoms with E-state index in [1.54, 1.807) is 12.1 Å². The third-order valence-corrected chi connectivity index (χ3v) is 3.75. The van der Waals surface area contributed by atoms with Crippen LogP contribution in [0.3, 0.4) is 0 Å². The number of nitrogens with zero attached hydrogens (tertiary/aromatic N) is 2. The Labute approximate surface area is 151 Å². The minimum absolute atomic E-state index is 0.000640. The van der Waals surface area contributed by atoms with Crippen molar-refractivity contribution in [2.75, 3.05) is 0 Å². The van der Waals surface area contributed by atoms with Crippen molar-refractivity contribution >= 4 is 17.5 Å². The van der Waals surface area contributed by atoms with Gasteiger partial charge in [0.2, 0.25) is 0 Å². The van der Waals surface area contributed by atoms with Crippen molar-refractivity contribution < 1.29 is 23.2 Å². The number of carbonyl (C=O) groups is 1. The van der Waals surface area contributed by atoms with E-state index in [9.17, 15) is 18.7 Å². The van der Waals surface area contributed by atoms with E-state index in [1.807, 2.05) is 0 Å². The quantitative estimate of drug-likeness (QED) is 0.711. The number of benzene rings is 2. The van der Waals surface area contributed by atoms with Crippen molar-refractivity contribution in [1.29, 1.82) is 0 Å². The molecule has 6 nitrogen and oxygen atoms in total. The van der Waals surface area contributed by atoms with Crippen molar-refractivity contribution in [1.82, 2.24) is 15.5 Å². The highest BCUT2D eigenvalue weighted by molar-refractivity contribution is 6.30. The van der Waals surface area contributed by atoms with Crippen molar-refractivity contribution in [2.45, 2.75) is 12.6 Å². The Morgan fingerprint density at radius 3 is 2.50 bits per heavy atom. The van der Waals surface area contributed by atoms with Gasteiger partial charge in [-0.2, -0.15) is 4.98 Å². The highest BCUT2D eigenvalue weighted by Crippen LogP contribution is 2.24. The smallest absolute Gasteiger partial charge is 0.263 e. The van der Waals surface area contributed by atoms with E-state index in [0.29, 0.717) is 10.6 Å². The van der Waals surface area contributed by atoms with Gasteiger partial charge in [0.1, 0.15) is 17.2 Å². The summed E-state index contributed by atoms with van der Waals surface area (Å²) in [5.41, 5.74) is -0.0899. The third-order valence-electron chi connectivity index (χ3n) is 3.50. The number of nitrogens with one attached hydrogen (secondary N) is 1. The number of carbonyl (C=O) groups excluding carboxylic acids is 1. The van der Waals surface area contributed by atoms with Gasteiger partial charge in [0.05, 0.1) is 6.54 Å². The van der Waals surface area contributed by atoms with Crippen molar-refractivity contribution in [3.8, 4) is 11.5 Å². The van der Waals surface area contributed by atoms with Crippen LogP contribution in [0.15, 0.2) is 47.0 Å². The van der Waals surface area contributed by atoms with Crippen LogP contribution in [0.2, 0.25) is 5.02 Å². The molecular formula is C17H12ClF2N3O3. The lowest BCUT2D eigenvalue weighted by Crippen LogP contribution is -2.29. The van der Waals surface area contributed by atoms with Crippen LogP contribution < -0.4 is 5.32 Å². The Kier molecular flexibility index (Phi) is 5.24. The molecule has 1 unspecified atom stereocenters. The summed E-state index contributed by atoms with van der Waals surface area (Å²) in [4.78, 5) is 15.8. The summed E-state index contributed by atoms with van der Waals surface area (Å²) in [6.45, 7) is -0.191. The molecule has 1 heterocycles. The van der Waals surface area contributed by atoms with E-state index < -0.39 is 29.2 Å². The Bertz CT molecular complexity index is 911. The van der Waals surface area contributed by atoms with E-state index in [2.05, 4.69) is 15.5 Å². The maximum absolute atomic E-state index is 13.7. The molecule has 0 saturated carbocycles. The Hall–Kier alpha value is -2.84. The molecule has 9 heteroatoms. The van der Waals surface area contributed by atoms with E-state index >= 15 is 0 Å². The number of rotatable bonds is 5. The van der Waals surface area contributed by atoms with Gasteiger partial charge in [0.25, 0.3) is 11.8 Å². The summed E-state index contributed by atoms with van der Waals surface area (Å²) in [6.07, 6.45) is -1.41. The van der Waals surface area contributed by atoms with Crippen LogP contribution in [0, 0.1) is 11.6 Å². The minimum Gasteiger partial charge on any atom is -0.378 e. The fourth-order valence-corrected chi connectivity index (χ4v) is 2.31. The van der Waals surface area contributed by atoms with Gasteiger partial charge < -0.3 is 14.9 Å². The van der Waals surface area contributed by atoms with Gasteiger partial charge in [0, 0.05) is 5.02 Å². The summed E-state index contributed by atoms with van der Waals surface area (Å²) in [5, 5.41) is 16.4. The highest BCUT2D eigenvalue weighted by atomic mass is 35.5. The molecule has 2 N–H and O–H groups in total. The molecule has 0 spiro atoms. The molecule has 0 aliphatic carbocycles. The first kappa shape index (κ1) is 18.0. The van der Waals surface area contributed by atoms with Gasteiger partial charge in [-0.25, -0.2) is 8.78 Å². The zero-order valence-corrected chi connectivity index (χ0v) is 13.9. The number of aliphatic hydroxyl groups is 1. The Balaban J connectivity index is 1.66. The summed E-state index contributed by atoms with van der Waals surface area (Å²) in [5.74, 6) is -2.73. The monoisotopic (exact) mass is 379 g/mol. The molecule has 3 rings (SSSR count). The molecule has 1 atom stereocenters. The molecule has 0 saturated heterocycles. The zero-order chi connectivity index (χ0) is 18.7. The lowest BCUT2D eigenvalue weighted by molar-refractivity contribution is -0.129. The van der Waals surface area contributed by atoms with Crippen LogP contribution in [0.1, 0.15) is 17.5 Å². The van der Waals surface area contributed by atoms with E-state index in [-0.39, 0.29) is 18.3 Å². The first-order valence-electron chi connectivity index (χ1n) is 7.44. The summed E-state index contributed by atoms with van der Waals surface area (Å²) < 4.78 is 32.2. The molecule has 134 valence electrons. The maximum Gasteiger partial charge on any atom is 0.263 e. The van der Waals surface area contributed by atoms with Crippen LogP contribution in [-0.4, -0.2) is 21.2 Å². The van der Waals surface area contributed by atoms with Gasteiger partial charge in [-0.1, -0.05) is 35.0 Å². The topological polar surface area (TPSA) is 88.3 Å². The minimum atomic E-state index is -1.41. The molecule has 1 aromatic heterocycles. The van der Waals surface area contributed by atoms with Crippen LogP contribution in [-0.2, 0) is 11.3 Å². The Morgan fingerprint density at radius 1 is 1.19 bits per heavy atom. The number of hydrogen-bond donors (Lipinski definition) is 2. The number of aromatic nitrogens is 2. The molecule has 0 radical (unpaired) electrons. The molecular weight excluding hydrogens is 368 g/mol. The molecule has 2 aromatic carbocycles. The van der Waals surface area contributed by atoms with E-state index in [1.165, 1.54) is 18.2 Å². The predicted molar refractivity (Wildman–Crippen MR) is 87.9 cm³/mol. The lowest BCUT2D eigenvalue weighted by Gasteiger charge is -2.10. The largest absolute Gasteiger partial charge is 0.378 e. The average molecular weight is 380 g/mol. The highest BCUT2D eigenvalue weighted by Gasteiger charge is 2.20. The summed E-state index contributed by atoms with van der Waals surface area (Å²) >= 11 is 5.75. The van der Waals surface area contributed by atoms with Gasteiger partial charge >= 0.3 is 0 Å². The average Bonchev–Trinajstić information content (AvgIpc) is 3.08. The van der Waals surface area contributed by atoms with Crippen molar-refractivity contribution in [3.05, 3.63) is 70.5 Å². The second-order valence-corrected chi connectivity index (χ2v) is 5.72. The molecule has 0 aliphatic rings. The second-order valence-electron chi connectivity index (χ2n) is 5.28.